The van der Waals surface area contributed by atoms with E-state index < -0.39 is 0 Å². The van der Waals surface area contributed by atoms with E-state index in [4.69, 9.17) is 11.6 Å². The summed E-state index contributed by atoms with van der Waals surface area (Å²) in [5, 5.41) is 1.28. The molecule has 1 aliphatic carbocycles. The molecular formula is C11H9ClS. The van der Waals surface area contributed by atoms with Crippen molar-refractivity contribution in [3.05, 3.63) is 53.6 Å². The molecule has 0 fully saturated rings. The van der Waals surface area contributed by atoms with Gasteiger partial charge in [0.25, 0.3) is 0 Å². The third-order valence-corrected chi connectivity index (χ3v) is 3.18. The second-order valence-electron chi connectivity index (χ2n) is 2.81. The number of hydrogen-bond acceptors (Lipinski definition) is 1. The van der Waals surface area contributed by atoms with Crippen LogP contribution in [0.15, 0.2) is 53.5 Å². The van der Waals surface area contributed by atoms with Crippen molar-refractivity contribution in [2.75, 3.05) is 0 Å². The maximum Gasteiger partial charge on any atom is 0.0461 e. The molecule has 0 unspecified atom stereocenters. The van der Waals surface area contributed by atoms with Crippen LogP contribution in [-0.2, 0) is 0 Å². The summed E-state index contributed by atoms with van der Waals surface area (Å²) in [6.45, 7) is 0. The van der Waals surface area contributed by atoms with Crippen molar-refractivity contribution in [2.24, 2.45) is 0 Å². The normalized spacial score (nSPS) is 15.5. The van der Waals surface area contributed by atoms with Crippen LogP contribution in [0.3, 0.4) is 0 Å². The minimum atomic E-state index is 0.487. The van der Waals surface area contributed by atoms with E-state index in [0.717, 1.165) is 5.02 Å². The van der Waals surface area contributed by atoms with Gasteiger partial charge in [0.05, 0.1) is 0 Å². The van der Waals surface area contributed by atoms with Gasteiger partial charge in [-0.2, -0.15) is 0 Å². The Morgan fingerprint density at radius 2 is 1.62 bits per heavy atom. The zero-order valence-electron chi connectivity index (χ0n) is 6.98. The summed E-state index contributed by atoms with van der Waals surface area (Å²) in [7, 11) is 0. The summed E-state index contributed by atoms with van der Waals surface area (Å²) in [5.74, 6) is 0. The molecule has 0 saturated heterocycles. The zero-order chi connectivity index (χ0) is 9.10. The highest BCUT2D eigenvalue weighted by molar-refractivity contribution is 8.00. The highest BCUT2D eigenvalue weighted by atomic mass is 35.5. The van der Waals surface area contributed by atoms with Gasteiger partial charge in [0, 0.05) is 15.2 Å². The van der Waals surface area contributed by atoms with E-state index in [0.29, 0.717) is 5.25 Å². The summed E-state index contributed by atoms with van der Waals surface area (Å²) in [5.41, 5.74) is 0. The highest BCUT2D eigenvalue weighted by Gasteiger charge is 2.04. The number of allylic oxidation sites excluding steroid dienone is 2. The van der Waals surface area contributed by atoms with Gasteiger partial charge in [-0.15, -0.1) is 11.8 Å². The van der Waals surface area contributed by atoms with Crippen LogP contribution in [0.2, 0.25) is 5.02 Å². The van der Waals surface area contributed by atoms with Crippen molar-refractivity contribution >= 4 is 23.4 Å². The van der Waals surface area contributed by atoms with Crippen LogP contribution < -0.4 is 0 Å². The van der Waals surface area contributed by atoms with Crippen LogP contribution in [-0.4, -0.2) is 5.25 Å². The van der Waals surface area contributed by atoms with Crippen molar-refractivity contribution in [1.82, 2.24) is 0 Å². The van der Waals surface area contributed by atoms with Gasteiger partial charge in [0.2, 0.25) is 0 Å². The van der Waals surface area contributed by atoms with E-state index >= 15 is 0 Å². The molecule has 2 rings (SSSR count). The van der Waals surface area contributed by atoms with Crippen molar-refractivity contribution in [3.8, 4) is 0 Å². The summed E-state index contributed by atoms with van der Waals surface area (Å²) in [6.07, 6.45) is 8.51. The van der Waals surface area contributed by atoms with Gasteiger partial charge >= 0.3 is 0 Å². The molecule has 0 amide bonds. The quantitative estimate of drug-likeness (QED) is 0.710. The molecule has 0 N–H and O–H groups in total. The Labute approximate surface area is 87.3 Å². The predicted octanol–water partition coefficient (Wildman–Crippen LogP) is 3.93. The molecule has 13 heavy (non-hydrogen) atoms. The molecule has 0 atom stereocenters. The second-order valence-corrected chi connectivity index (χ2v) is 4.49. The van der Waals surface area contributed by atoms with Gasteiger partial charge in [0.15, 0.2) is 0 Å². The topological polar surface area (TPSA) is 0 Å². The van der Waals surface area contributed by atoms with Crippen LogP contribution in [0.1, 0.15) is 0 Å². The first-order chi connectivity index (χ1) is 6.34. The Morgan fingerprint density at radius 1 is 1.00 bits per heavy atom. The maximum atomic E-state index is 5.79. The number of rotatable bonds is 2. The molecule has 0 saturated carbocycles. The molecule has 1 aromatic rings. The summed E-state index contributed by atoms with van der Waals surface area (Å²) in [4.78, 5) is 1.26. The maximum absolute atomic E-state index is 5.79. The van der Waals surface area contributed by atoms with Gasteiger partial charge in [-0.05, 0) is 24.3 Å². The lowest BCUT2D eigenvalue weighted by Gasteiger charge is -2.04. The fourth-order valence-electron chi connectivity index (χ4n) is 1.16. The van der Waals surface area contributed by atoms with E-state index in [1.54, 1.807) is 0 Å². The third-order valence-electron chi connectivity index (χ3n) is 1.80. The molecule has 0 bridgehead atoms. The smallest absolute Gasteiger partial charge is 0.0461 e. The molecule has 0 aromatic heterocycles. The second kappa shape index (κ2) is 4.03. The first-order valence-corrected chi connectivity index (χ1v) is 5.37. The van der Waals surface area contributed by atoms with Crippen molar-refractivity contribution in [1.29, 1.82) is 0 Å². The lowest BCUT2D eigenvalue weighted by Crippen LogP contribution is -1.87. The molecule has 1 aliphatic rings. The molecule has 0 heterocycles. The fourth-order valence-corrected chi connectivity index (χ4v) is 2.23. The number of hydrogen-bond donors (Lipinski definition) is 0. The molecule has 0 nitrogen and oxygen atoms in total. The standard InChI is InChI=1S/C11H9ClS/c12-9-5-7-11(8-6-9)13-10-3-1-2-4-10/h1-8,10H. The van der Waals surface area contributed by atoms with E-state index in [1.165, 1.54) is 4.90 Å². The first kappa shape index (κ1) is 8.92. The molecule has 0 radical (unpaired) electrons. The van der Waals surface area contributed by atoms with Crippen LogP contribution in [0.25, 0.3) is 0 Å². The van der Waals surface area contributed by atoms with Gasteiger partial charge < -0.3 is 0 Å². The lowest BCUT2D eigenvalue weighted by atomic mass is 10.4. The Morgan fingerprint density at radius 3 is 2.23 bits per heavy atom. The van der Waals surface area contributed by atoms with Crippen molar-refractivity contribution in [2.45, 2.75) is 10.1 Å². The SMILES string of the molecule is Clc1ccc(SC2C=CC=C2)cc1. The minimum Gasteiger partial charge on any atom is -0.114 e. The molecule has 66 valence electrons. The minimum absolute atomic E-state index is 0.487. The summed E-state index contributed by atoms with van der Waals surface area (Å²) in [6, 6.07) is 7.94. The summed E-state index contributed by atoms with van der Waals surface area (Å²) < 4.78 is 0. The van der Waals surface area contributed by atoms with Gasteiger partial charge in [-0.25, -0.2) is 0 Å². The van der Waals surface area contributed by atoms with Gasteiger partial charge in [-0.3, -0.25) is 0 Å². The zero-order valence-corrected chi connectivity index (χ0v) is 8.55. The number of thioether (sulfide) groups is 1. The Hall–Kier alpha value is -0.660. The first-order valence-electron chi connectivity index (χ1n) is 4.12. The molecular weight excluding hydrogens is 200 g/mol. The van der Waals surface area contributed by atoms with E-state index in [9.17, 15) is 0 Å². The van der Waals surface area contributed by atoms with Gasteiger partial charge in [-0.1, -0.05) is 35.9 Å². The Kier molecular flexibility index (Phi) is 2.77. The molecule has 0 spiro atoms. The molecule has 1 aromatic carbocycles. The predicted molar refractivity (Wildman–Crippen MR) is 59.4 cm³/mol. The van der Waals surface area contributed by atoms with Crippen LogP contribution in [0.5, 0.6) is 0 Å². The fraction of sp³-hybridized carbons (Fsp3) is 0.0909. The van der Waals surface area contributed by atoms with E-state index in [-0.39, 0.29) is 0 Å². The Balaban J connectivity index is 2.05. The lowest BCUT2D eigenvalue weighted by molar-refractivity contribution is 1.40. The van der Waals surface area contributed by atoms with Crippen LogP contribution in [0.4, 0.5) is 0 Å². The average Bonchev–Trinajstić information content (AvgIpc) is 2.62. The third kappa shape index (κ3) is 2.39. The average molecular weight is 209 g/mol. The number of halogens is 1. The van der Waals surface area contributed by atoms with Gasteiger partial charge in [0.1, 0.15) is 0 Å². The molecule has 0 aliphatic heterocycles. The summed E-state index contributed by atoms with van der Waals surface area (Å²) >= 11 is 7.62. The van der Waals surface area contributed by atoms with Crippen LogP contribution in [0, 0.1) is 0 Å². The number of benzene rings is 1. The van der Waals surface area contributed by atoms with E-state index in [2.05, 4.69) is 24.3 Å². The van der Waals surface area contributed by atoms with Crippen LogP contribution >= 0.6 is 23.4 Å². The van der Waals surface area contributed by atoms with Crippen molar-refractivity contribution < 1.29 is 0 Å². The van der Waals surface area contributed by atoms with E-state index in [1.807, 2.05) is 36.0 Å². The highest BCUT2D eigenvalue weighted by Crippen LogP contribution is 2.27. The largest absolute Gasteiger partial charge is 0.114 e. The Bertz CT molecular complexity index is 326. The molecule has 2 heteroatoms. The van der Waals surface area contributed by atoms with Crippen molar-refractivity contribution in [3.63, 3.8) is 0 Å². The monoisotopic (exact) mass is 208 g/mol.